The van der Waals surface area contributed by atoms with Gasteiger partial charge in [0.1, 0.15) is 5.69 Å². The Balaban J connectivity index is 1.77. The van der Waals surface area contributed by atoms with Gasteiger partial charge in [-0.25, -0.2) is 4.98 Å². The molecule has 104 valence electrons. The molecule has 6 nitrogen and oxygen atoms in total. The van der Waals surface area contributed by atoms with E-state index in [-0.39, 0.29) is 0 Å². The molecule has 1 aliphatic heterocycles. The molecule has 0 bridgehead atoms. The minimum Gasteiger partial charge on any atom is -0.334 e. The van der Waals surface area contributed by atoms with Crippen LogP contribution in [0.3, 0.4) is 0 Å². The lowest BCUT2D eigenvalue weighted by Gasteiger charge is -2.18. The Morgan fingerprint density at radius 2 is 2.19 bits per heavy atom. The van der Waals surface area contributed by atoms with Crippen molar-refractivity contribution in [3.05, 3.63) is 47.9 Å². The largest absolute Gasteiger partial charge is 0.334 e. The maximum absolute atomic E-state index is 5.42. The summed E-state index contributed by atoms with van der Waals surface area (Å²) in [6.45, 7) is 1.85. The topological polar surface area (TPSA) is 76.7 Å². The van der Waals surface area contributed by atoms with Crippen LogP contribution >= 0.6 is 0 Å². The van der Waals surface area contributed by atoms with E-state index in [4.69, 9.17) is 4.52 Å². The van der Waals surface area contributed by atoms with Crippen LogP contribution in [0.4, 0.5) is 0 Å². The molecule has 0 amide bonds. The number of fused-ring (bicyclic) bond motifs is 1. The van der Waals surface area contributed by atoms with Gasteiger partial charge >= 0.3 is 0 Å². The predicted molar refractivity (Wildman–Crippen MR) is 76.2 cm³/mol. The van der Waals surface area contributed by atoms with Crippen molar-refractivity contribution in [2.45, 2.75) is 13.0 Å². The van der Waals surface area contributed by atoms with Crippen molar-refractivity contribution < 1.29 is 4.52 Å². The molecule has 4 rings (SSSR count). The van der Waals surface area contributed by atoms with Crippen LogP contribution in [-0.4, -0.2) is 26.7 Å². The second-order valence-corrected chi connectivity index (χ2v) is 4.88. The van der Waals surface area contributed by atoms with E-state index >= 15 is 0 Å². The third-order valence-corrected chi connectivity index (χ3v) is 3.59. The van der Waals surface area contributed by atoms with Crippen molar-refractivity contribution in [1.82, 2.24) is 25.4 Å². The normalized spacial score (nSPS) is 13.9. The van der Waals surface area contributed by atoms with E-state index in [9.17, 15) is 0 Å². The van der Waals surface area contributed by atoms with Gasteiger partial charge in [0.05, 0.1) is 6.20 Å². The molecule has 0 fully saturated rings. The van der Waals surface area contributed by atoms with Crippen molar-refractivity contribution in [2.75, 3.05) is 6.54 Å². The second kappa shape index (κ2) is 5.06. The minimum atomic E-state index is 0.463. The minimum absolute atomic E-state index is 0.463. The lowest BCUT2D eigenvalue weighted by molar-refractivity contribution is 0.431. The van der Waals surface area contributed by atoms with E-state index < -0.39 is 0 Å². The van der Waals surface area contributed by atoms with E-state index in [2.05, 4.69) is 31.5 Å². The highest BCUT2D eigenvalue weighted by Gasteiger charge is 2.18. The van der Waals surface area contributed by atoms with Gasteiger partial charge in [-0.3, -0.25) is 4.98 Å². The van der Waals surface area contributed by atoms with E-state index in [1.807, 2.05) is 12.1 Å². The van der Waals surface area contributed by atoms with E-state index in [0.717, 1.165) is 25.1 Å². The van der Waals surface area contributed by atoms with Gasteiger partial charge in [0, 0.05) is 24.5 Å². The van der Waals surface area contributed by atoms with Gasteiger partial charge in [-0.15, -0.1) is 0 Å². The Kier molecular flexibility index (Phi) is 2.93. The van der Waals surface area contributed by atoms with Crippen LogP contribution in [0.5, 0.6) is 0 Å². The molecule has 0 atom stereocenters. The Labute approximate surface area is 121 Å². The molecule has 3 heterocycles. The maximum atomic E-state index is 5.42. The molecule has 3 aromatic rings. The highest BCUT2D eigenvalue weighted by Crippen LogP contribution is 2.28. The molecule has 0 aliphatic carbocycles. The van der Waals surface area contributed by atoms with E-state index in [1.165, 1.54) is 11.1 Å². The molecule has 1 aromatic carbocycles. The molecule has 2 aromatic heterocycles. The highest BCUT2D eigenvalue weighted by molar-refractivity contribution is 5.63. The average molecular weight is 279 g/mol. The van der Waals surface area contributed by atoms with Crippen molar-refractivity contribution in [2.24, 2.45) is 0 Å². The van der Waals surface area contributed by atoms with Crippen molar-refractivity contribution in [3.8, 4) is 23.0 Å². The van der Waals surface area contributed by atoms with Crippen molar-refractivity contribution in [3.63, 3.8) is 0 Å². The molecule has 0 spiro atoms. The number of aromatic nitrogens is 4. The fraction of sp³-hybridized carbons (Fsp3) is 0.200. The van der Waals surface area contributed by atoms with Gasteiger partial charge in [-0.05, 0) is 30.2 Å². The standard InChI is InChI=1S/C15H13N5O/c1-2-10-8-16-5-4-11(10)12(3-1)15-19-14(20-21-15)13-9-17-6-7-18-13/h1-3,6-7,9,16H,4-5,8H2. The number of nitrogens with zero attached hydrogens (tertiary/aromatic N) is 4. The molecule has 0 saturated carbocycles. The summed E-state index contributed by atoms with van der Waals surface area (Å²) in [5.41, 5.74) is 4.19. The van der Waals surface area contributed by atoms with Crippen LogP contribution in [0.2, 0.25) is 0 Å². The first-order valence-corrected chi connectivity index (χ1v) is 6.84. The fourth-order valence-electron chi connectivity index (χ4n) is 2.58. The highest BCUT2D eigenvalue weighted by atomic mass is 16.5. The molecule has 21 heavy (non-hydrogen) atoms. The molecule has 6 heteroatoms. The SMILES string of the molecule is c1cc2c(c(-c3nc(-c4cnccn4)no3)c1)CCNC2. The number of hydrogen-bond donors (Lipinski definition) is 1. The van der Waals surface area contributed by atoms with Crippen molar-refractivity contribution in [1.29, 1.82) is 0 Å². The van der Waals surface area contributed by atoms with Crippen LogP contribution in [0.1, 0.15) is 11.1 Å². The molecule has 1 aliphatic rings. The lowest BCUT2D eigenvalue weighted by atomic mass is 9.95. The Bertz CT molecular complexity index is 769. The fourth-order valence-corrected chi connectivity index (χ4v) is 2.58. The quantitative estimate of drug-likeness (QED) is 0.771. The number of hydrogen-bond acceptors (Lipinski definition) is 6. The van der Waals surface area contributed by atoms with Crippen LogP contribution < -0.4 is 5.32 Å². The first kappa shape index (κ1) is 12.2. The zero-order valence-electron chi connectivity index (χ0n) is 11.3. The number of nitrogens with one attached hydrogen (secondary N) is 1. The van der Waals surface area contributed by atoms with Crippen LogP contribution in [0.25, 0.3) is 23.0 Å². The molecule has 1 N–H and O–H groups in total. The summed E-state index contributed by atoms with van der Waals surface area (Å²) in [4.78, 5) is 12.7. The summed E-state index contributed by atoms with van der Waals surface area (Å²) in [5, 5.41) is 7.37. The van der Waals surface area contributed by atoms with Crippen LogP contribution in [0, 0.1) is 0 Å². The van der Waals surface area contributed by atoms with E-state index in [0.29, 0.717) is 17.4 Å². The average Bonchev–Trinajstić information content (AvgIpc) is 3.05. The Morgan fingerprint density at radius 1 is 1.19 bits per heavy atom. The maximum Gasteiger partial charge on any atom is 0.258 e. The summed E-state index contributed by atoms with van der Waals surface area (Å²) in [6, 6.07) is 6.18. The zero-order chi connectivity index (χ0) is 14.1. The molecule has 0 unspecified atom stereocenters. The predicted octanol–water partition coefficient (Wildman–Crippen LogP) is 1.84. The summed E-state index contributed by atoms with van der Waals surface area (Å²) in [5.74, 6) is 0.999. The first-order valence-electron chi connectivity index (χ1n) is 6.84. The summed E-state index contributed by atoms with van der Waals surface area (Å²) < 4.78 is 5.42. The first-order chi connectivity index (χ1) is 10.4. The Morgan fingerprint density at radius 3 is 3.10 bits per heavy atom. The summed E-state index contributed by atoms with van der Waals surface area (Å²) >= 11 is 0. The van der Waals surface area contributed by atoms with E-state index in [1.54, 1.807) is 18.6 Å². The van der Waals surface area contributed by atoms with Gasteiger partial charge in [-0.2, -0.15) is 4.98 Å². The van der Waals surface area contributed by atoms with Crippen LogP contribution in [0.15, 0.2) is 41.3 Å². The van der Waals surface area contributed by atoms with Crippen molar-refractivity contribution >= 4 is 0 Å². The lowest BCUT2D eigenvalue weighted by Crippen LogP contribution is -2.24. The summed E-state index contributed by atoms with van der Waals surface area (Å²) in [7, 11) is 0. The Hall–Kier alpha value is -2.60. The summed E-state index contributed by atoms with van der Waals surface area (Å²) in [6.07, 6.45) is 5.82. The van der Waals surface area contributed by atoms with Gasteiger partial charge in [0.15, 0.2) is 0 Å². The third-order valence-electron chi connectivity index (χ3n) is 3.59. The van der Waals surface area contributed by atoms with Gasteiger partial charge in [0.25, 0.3) is 5.89 Å². The van der Waals surface area contributed by atoms with Gasteiger partial charge < -0.3 is 9.84 Å². The number of benzene rings is 1. The van der Waals surface area contributed by atoms with Crippen LogP contribution in [-0.2, 0) is 13.0 Å². The zero-order valence-corrected chi connectivity index (χ0v) is 11.3. The molecule has 0 radical (unpaired) electrons. The molecule has 0 saturated heterocycles. The van der Waals surface area contributed by atoms with Gasteiger partial charge in [0.2, 0.25) is 5.82 Å². The number of rotatable bonds is 2. The second-order valence-electron chi connectivity index (χ2n) is 4.88. The smallest absolute Gasteiger partial charge is 0.258 e. The third kappa shape index (κ3) is 2.19. The van der Waals surface area contributed by atoms with Gasteiger partial charge in [-0.1, -0.05) is 17.3 Å². The molecular weight excluding hydrogens is 266 g/mol. The monoisotopic (exact) mass is 279 g/mol. The molecular formula is C15H13N5O.